The molecule has 0 amide bonds. The number of aryl methyl sites for hydroxylation is 1. The van der Waals surface area contributed by atoms with Crippen molar-refractivity contribution in [3.8, 4) is 0 Å². The highest BCUT2D eigenvalue weighted by Crippen LogP contribution is 1.87. The van der Waals surface area contributed by atoms with Gasteiger partial charge in [0.1, 0.15) is 0 Å². The molecule has 3 heteroatoms. The van der Waals surface area contributed by atoms with Crippen LogP contribution in [0.4, 0.5) is 0 Å². The van der Waals surface area contributed by atoms with Crippen molar-refractivity contribution in [3.63, 3.8) is 0 Å². The summed E-state index contributed by atoms with van der Waals surface area (Å²) < 4.78 is 2.26. The van der Waals surface area contributed by atoms with Crippen LogP contribution in [0.25, 0.3) is 0 Å². The van der Waals surface area contributed by atoms with Crippen LogP contribution in [0, 0.1) is 6.92 Å². The van der Waals surface area contributed by atoms with E-state index in [0.717, 1.165) is 13.1 Å². The van der Waals surface area contributed by atoms with E-state index in [1.165, 1.54) is 5.69 Å². The topological polar surface area (TPSA) is 7.12 Å². The molecule has 74 valence electrons. The van der Waals surface area contributed by atoms with E-state index in [-0.39, 0.29) is 12.4 Å². The van der Waals surface area contributed by atoms with Crippen molar-refractivity contribution < 1.29 is 17.0 Å². The average Bonchev–Trinajstić information content (AvgIpc) is 2.03. The molecule has 0 bridgehead atoms. The van der Waals surface area contributed by atoms with Gasteiger partial charge in [0.25, 0.3) is 0 Å². The zero-order valence-electron chi connectivity index (χ0n) is 8.50. The van der Waals surface area contributed by atoms with Gasteiger partial charge in [-0.3, -0.25) is 0 Å². The molecular formula is C10H17ClN2. The summed E-state index contributed by atoms with van der Waals surface area (Å²) in [6.45, 7) is 4.30. The van der Waals surface area contributed by atoms with Gasteiger partial charge in [-0.1, -0.05) is 6.07 Å². The molecule has 0 atom stereocenters. The molecule has 0 spiro atoms. The minimum absolute atomic E-state index is 0. The van der Waals surface area contributed by atoms with Crippen molar-refractivity contribution in [2.75, 3.05) is 20.6 Å². The van der Waals surface area contributed by atoms with Crippen molar-refractivity contribution in [2.45, 2.75) is 13.5 Å². The van der Waals surface area contributed by atoms with E-state index in [2.05, 4.69) is 54.9 Å². The molecule has 13 heavy (non-hydrogen) atoms. The van der Waals surface area contributed by atoms with Crippen LogP contribution in [-0.4, -0.2) is 25.5 Å². The van der Waals surface area contributed by atoms with Crippen LogP contribution in [0.15, 0.2) is 24.4 Å². The van der Waals surface area contributed by atoms with E-state index in [9.17, 15) is 0 Å². The molecule has 1 aromatic heterocycles. The first-order chi connectivity index (χ1) is 5.70. The molecule has 0 radical (unpaired) electrons. The Bertz CT molecular complexity index is 248. The van der Waals surface area contributed by atoms with Gasteiger partial charge in [0, 0.05) is 19.1 Å². The van der Waals surface area contributed by atoms with E-state index < -0.39 is 0 Å². The molecule has 0 fully saturated rings. The van der Waals surface area contributed by atoms with E-state index in [4.69, 9.17) is 0 Å². The fourth-order valence-corrected chi connectivity index (χ4v) is 1.12. The van der Waals surface area contributed by atoms with Gasteiger partial charge in [-0.2, -0.15) is 0 Å². The third kappa shape index (κ3) is 4.25. The third-order valence-corrected chi connectivity index (χ3v) is 1.96. The molecule has 0 aliphatic carbocycles. The lowest BCUT2D eigenvalue weighted by atomic mass is 10.3. The van der Waals surface area contributed by atoms with Gasteiger partial charge in [0.15, 0.2) is 18.4 Å². The SMILES string of the molecule is Cc1cccc[n+]1CCN(C)C.[Cl-]. The summed E-state index contributed by atoms with van der Waals surface area (Å²) in [5.41, 5.74) is 1.32. The Hall–Kier alpha value is -0.600. The van der Waals surface area contributed by atoms with Crippen LogP contribution in [-0.2, 0) is 6.54 Å². The molecule has 1 aromatic rings. The minimum atomic E-state index is 0. The zero-order valence-corrected chi connectivity index (χ0v) is 9.25. The van der Waals surface area contributed by atoms with Gasteiger partial charge in [0.05, 0.1) is 6.54 Å². The Morgan fingerprint density at radius 1 is 1.31 bits per heavy atom. The lowest BCUT2D eigenvalue weighted by Gasteiger charge is -2.06. The molecule has 0 saturated heterocycles. The molecular weight excluding hydrogens is 184 g/mol. The normalized spacial score (nSPS) is 9.85. The second-order valence-electron chi connectivity index (χ2n) is 3.34. The van der Waals surface area contributed by atoms with Crippen molar-refractivity contribution in [3.05, 3.63) is 30.1 Å². The second-order valence-corrected chi connectivity index (χ2v) is 3.34. The maximum Gasteiger partial charge on any atom is 0.178 e. The predicted molar refractivity (Wildman–Crippen MR) is 49.9 cm³/mol. The highest BCUT2D eigenvalue weighted by atomic mass is 35.5. The molecule has 0 unspecified atom stereocenters. The van der Waals surface area contributed by atoms with Crippen molar-refractivity contribution in [1.82, 2.24) is 4.90 Å². The number of rotatable bonds is 3. The summed E-state index contributed by atoms with van der Waals surface area (Å²) in [6.07, 6.45) is 2.12. The van der Waals surface area contributed by atoms with Gasteiger partial charge in [0.2, 0.25) is 0 Å². The second kappa shape index (κ2) is 5.95. The first-order valence-corrected chi connectivity index (χ1v) is 4.30. The van der Waals surface area contributed by atoms with Crippen LogP contribution >= 0.6 is 0 Å². The lowest BCUT2D eigenvalue weighted by molar-refractivity contribution is -0.702. The predicted octanol–water partition coefficient (Wildman–Crippen LogP) is -2.15. The third-order valence-electron chi connectivity index (χ3n) is 1.96. The molecule has 1 rings (SSSR count). The van der Waals surface area contributed by atoms with Crippen molar-refractivity contribution in [2.24, 2.45) is 0 Å². The molecule has 2 nitrogen and oxygen atoms in total. The summed E-state index contributed by atoms with van der Waals surface area (Å²) in [4.78, 5) is 2.19. The van der Waals surface area contributed by atoms with Crippen LogP contribution in [0.3, 0.4) is 0 Å². The van der Waals surface area contributed by atoms with E-state index >= 15 is 0 Å². The largest absolute Gasteiger partial charge is 1.00 e. The lowest BCUT2D eigenvalue weighted by Crippen LogP contribution is -3.00. The molecule has 0 aliphatic rings. The van der Waals surface area contributed by atoms with Crippen LogP contribution < -0.4 is 17.0 Å². The highest BCUT2D eigenvalue weighted by molar-refractivity contribution is 4.93. The zero-order chi connectivity index (χ0) is 8.97. The summed E-state index contributed by atoms with van der Waals surface area (Å²) >= 11 is 0. The van der Waals surface area contributed by atoms with Crippen LogP contribution in [0.1, 0.15) is 5.69 Å². The Morgan fingerprint density at radius 3 is 2.54 bits per heavy atom. The maximum absolute atomic E-state index is 2.26. The quantitative estimate of drug-likeness (QED) is 0.505. The maximum atomic E-state index is 2.26. The fourth-order valence-electron chi connectivity index (χ4n) is 1.12. The highest BCUT2D eigenvalue weighted by Gasteiger charge is 2.03. The van der Waals surface area contributed by atoms with Crippen molar-refractivity contribution in [1.29, 1.82) is 0 Å². The number of halogens is 1. The molecule has 1 heterocycles. The summed E-state index contributed by atoms with van der Waals surface area (Å²) in [6, 6.07) is 6.28. The number of aromatic nitrogens is 1. The number of nitrogens with zero attached hydrogens (tertiary/aromatic N) is 2. The summed E-state index contributed by atoms with van der Waals surface area (Å²) in [7, 11) is 4.19. The average molecular weight is 201 g/mol. The molecule has 0 saturated carbocycles. The Balaban J connectivity index is 0.00000144. The molecule has 0 N–H and O–H groups in total. The van der Waals surface area contributed by atoms with E-state index in [0.29, 0.717) is 0 Å². The van der Waals surface area contributed by atoms with Crippen LogP contribution in [0.5, 0.6) is 0 Å². The van der Waals surface area contributed by atoms with E-state index in [1.54, 1.807) is 0 Å². The summed E-state index contributed by atoms with van der Waals surface area (Å²) in [5, 5.41) is 0. The number of hydrogen-bond donors (Lipinski definition) is 0. The van der Waals surface area contributed by atoms with Gasteiger partial charge < -0.3 is 17.3 Å². The first-order valence-electron chi connectivity index (χ1n) is 4.30. The number of pyridine rings is 1. The van der Waals surface area contributed by atoms with Gasteiger partial charge in [-0.15, -0.1) is 0 Å². The van der Waals surface area contributed by atoms with Crippen LogP contribution in [0.2, 0.25) is 0 Å². The fraction of sp³-hybridized carbons (Fsp3) is 0.500. The number of hydrogen-bond acceptors (Lipinski definition) is 1. The smallest absolute Gasteiger partial charge is 0.178 e. The van der Waals surface area contributed by atoms with Gasteiger partial charge in [-0.05, 0) is 14.1 Å². The Kier molecular flexibility index (Phi) is 5.67. The molecule has 0 aliphatic heterocycles. The van der Waals surface area contributed by atoms with Crippen molar-refractivity contribution >= 4 is 0 Å². The Labute approximate surface area is 86.6 Å². The van der Waals surface area contributed by atoms with Gasteiger partial charge in [-0.25, -0.2) is 4.57 Å². The number of likely N-dealkylation sites (N-methyl/N-ethyl adjacent to an activating group) is 1. The monoisotopic (exact) mass is 200 g/mol. The standard InChI is InChI=1S/C10H17N2.ClH/c1-10-6-4-5-7-12(10)9-8-11(2)3;/h4-7H,8-9H2,1-3H3;1H/q+1;/p-1. The van der Waals surface area contributed by atoms with Gasteiger partial charge >= 0.3 is 0 Å². The Morgan fingerprint density at radius 2 is 2.00 bits per heavy atom. The summed E-state index contributed by atoms with van der Waals surface area (Å²) in [5.74, 6) is 0. The minimum Gasteiger partial charge on any atom is -1.00 e. The van der Waals surface area contributed by atoms with E-state index in [1.807, 2.05) is 0 Å². The first kappa shape index (κ1) is 12.4. The molecule has 0 aromatic carbocycles.